The quantitative estimate of drug-likeness (QED) is 0.388. The van der Waals surface area contributed by atoms with Crippen LogP contribution in [-0.2, 0) is 22.6 Å². The van der Waals surface area contributed by atoms with E-state index in [4.69, 9.17) is 18.9 Å². The van der Waals surface area contributed by atoms with Gasteiger partial charge in [-0.2, -0.15) is 0 Å². The zero-order chi connectivity index (χ0) is 23.8. The van der Waals surface area contributed by atoms with Crippen molar-refractivity contribution in [1.82, 2.24) is 10.6 Å². The first-order valence-electron chi connectivity index (χ1n) is 10.9. The van der Waals surface area contributed by atoms with E-state index in [1.54, 1.807) is 0 Å². The van der Waals surface area contributed by atoms with E-state index in [9.17, 15) is 9.59 Å². The van der Waals surface area contributed by atoms with Crippen molar-refractivity contribution in [3.05, 3.63) is 96.1 Å². The number of rotatable bonds is 12. The van der Waals surface area contributed by atoms with Crippen molar-refractivity contribution in [2.24, 2.45) is 0 Å². The van der Waals surface area contributed by atoms with E-state index in [0.717, 1.165) is 22.6 Å². The smallest absolute Gasteiger partial charge is 0.407 e. The first-order chi connectivity index (χ1) is 16.7. The minimum atomic E-state index is -0.526. The number of carbonyl (C=O) groups excluding carboxylic acids is 2. The van der Waals surface area contributed by atoms with E-state index in [1.807, 2.05) is 84.9 Å². The van der Waals surface area contributed by atoms with Crippen LogP contribution in [0.25, 0.3) is 0 Å². The first kappa shape index (κ1) is 24.4. The van der Waals surface area contributed by atoms with E-state index in [2.05, 4.69) is 10.6 Å². The number of carbonyl (C=O) groups is 2. The summed E-state index contributed by atoms with van der Waals surface area (Å²) in [6.07, 6.45) is -1.05. The fourth-order valence-electron chi connectivity index (χ4n) is 2.92. The lowest BCUT2D eigenvalue weighted by Crippen LogP contribution is -2.26. The molecule has 0 atom stereocenters. The molecule has 2 amide bonds. The Bertz CT molecular complexity index is 935. The number of ether oxygens (including phenoxy) is 4. The number of para-hydroxylation sites is 2. The molecule has 8 nitrogen and oxygen atoms in total. The van der Waals surface area contributed by atoms with Crippen molar-refractivity contribution >= 4 is 12.2 Å². The molecule has 0 unspecified atom stereocenters. The van der Waals surface area contributed by atoms with Gasteiger partial charge in [0.15, 0.2) is 0 Å². The number of amides is 2. The summed E-state index contributed by atoms with van der Waals surface area (Å²) in [4.78, 5) is 23.7. The molecule has 178 valence electrons. The van der Waals surface area contributed by atoms with Gasteiger partial charge < -0.3 is 29.6 Å². The Morgan fingerprint density at radius 1 is 0.559 bits per heavy atom. The molecule has 0 aromatic heterocycles. The summed E-state index contributed by atoms with van der Waals surface area (Å²) in [7, 11) is 0. The number of alkyl carbamates (subject to hydrolysis) is 2. The van der Waals surface area contributed by atoms with E-state index >= 15 is 0 Å². The minimum Gasteiger partial charge on any atom is -0.490 e. The van der Waals surface area contributed by atoms with Crippen molar-refractivity contribution in [3.8, 4) is 11.5 Å². The van der Waals surface area contributed by atoms with Gasteiger partial charge in [-0.1, -0.05) is 60.7 Å². The highest BCUT2D eigenvalue weighted by molar-refractivity contribution is 5.67. The molecule has 0 spiro atoms. The fraction of sp³-hybridized carbons (Fsp3) is 0.231. The Morgan fingerprint density at radius 2 is 1.00 bits per heavy atom. The van der Waals surface area contributed by atoms with Crippen LogP contribution >= 0.6 is 0 Å². The summed E-state index contributed by atoms with van der Waals surface area (Å²) >= 11 is 0. The summed E-state index contributed by atoms with van der Waals surface area (Å²) in [5, 5.41) is 5.39. The molecular weight excluding hydrogens is 436 g/mol. The highest BCUT2D eigenvalue weighted by Crippen LogP contribution is 2.09. The van der Waals surface area contributed by atoms with Gasteiger partial charge >= 0.3 is 12.2 Å². The largest absolute Gasteiger partial charge is 0.490 e. The van der Waals surface area contributed by atoms with Crippen LogP contribution < -0.4 is 20.1 Å². The maximum absolute atomic E-state index is 11.9. The monoisotopic (exact) mass is 464 g/mol. The van der Waals surface area contributed by atoms with E-state index in [0.29, 0.717) is 13.1 Å². The third kappa shape index (κ3) is 9.52. The maximum Gasteiger partial charge on any atom is 0.407 e. The van der Waals surface area contributed by atoms with E-state index in [-0.39, 0.29) is 26.4 Å². The molecule has 3 aromatic carbocycles. The Kier molecular flexibility index (Phi) is 10.1. The Morgan fingerprint density at radius 3 is 1.44 bits per heavy atom. The van der Waals surface area contributed by atoms with E-state index in [1.165, 1.54) is 0 Å². The predicted molar refractivity (Wildman–Crippen MR) is 127 cm³/mol. The Labute approximate surface area is 198 Å². The van der Waals surface area contributed by atoms with Gasteiger partial charge in [0.05, 0.1) is 0 Å². The van der Waals surface area contributed by atoms with Gasteiger partial charge in [-0.05, 0) is 35.4 Å². The van der Waals surface area contributed by atoms with Crippen LogP contribution in [0.4, 0.5) is 9.59 Å². The second kappa shape index (κ2) is 14.1. The molecule has 34 heavy (non-hydrogen) atoms. The number of hydrogen-bond acceptors (Lipinski definition) is 6. The number of hydrogen-bond donors (Lipinski definition) is 2. The zero-order valence-corrected chi connectivity index (χ0v) is 18.8. The molecule has 0 saturated carbocycles. The first-order valence-corrected chi connectivity index (χ1v) is 10.9. The molecule has 8 heteroatoms. The highest BCUT2D eigenvalue weighted by Gasteiger charge is 2.05. The Balaban J connectivity index is 1.27. The molecule has 0 fully saturated rings. The SMILES string of the molecule is O=C(NCc1cccc(CNC(=O)OCCOc2ccccc2)c1)OCCOc1ccccc1. The molecule has 0 aliphatic carbocycles. The van der Waals surface area contributed by atoms with Crippen molar-refractivity contribution in [3.63, 3.8) is 0 Å². The topological polar surface area (TPSA) is 95.1 Å². The zero-order valence-electron chi connectivity index (χ0n) is 18.8. The van der Waals surface area contributed by atoms with Gasteiger partial charge in [-0.3, -0.25) is 0 Å². The van der Waals surface area contributed by atoms with Crippen molar-refractivity contribution in [1.29, 1.82) is 0 Å². The molecule has 0 saturated heterocycles. The molecule has 0 aliphatic rings. The van der Waals surface area contributed by atoms with Gasteiger partial charge in [0, 0.05) is 13.1 Å². The maximum atomic E-state index is 11.9. The highest BCUT2D eigenvalue weighted by atomic mass is 16.6. The van der Waals surface area contributed by atoms with Crippen LogP contribution in [0.3, 0.4) is 0 Å². The van der Waals surface area contributed by atoms with Crippen LogP contribution in [0.2, 0.25) is 0 Å². The van der Waals surface area contributed by atoms with Gasteiger partial charge in [0.25, 0.3) is 0 Å². The van der Waals surface area contributed by atoms with E-state index < -0.39 is 12.2 Å². The minimum absolute atomic E-state index is 0.142. The lowest BCUT2D eigenvalue weighted by Gasteiger charge is -2.10. The second-order valence-electron chi connectivity index (χ2n) is 7.12. The van der Waals surface area contributed by atoms with Gasteiger partial charge in [-0.25, -0.2) is 9.59 Å². The summed E-state index contributed by atoms with van der Waals surface area (Å²) in [6, 6.07) is 26.1. The predicted octanol–water partition coefficient (Wildman–Crippen LogP) is 4.30. The summed E-state index contributed by atoms with van der Waals surface area (Å²) < 4.78 is 21.2. The van der Waals surface area contributed by atoms with Gasteiger partial charge in [0.1, 0.15) is 37.9 Å². The second-order valence-corrected chi connectivity index (χ2v) is 7.12. The van der Waals surface area contributed by atoms with Crippen LogP contribution in [0.15, 0.2) is 84.9 Å². The average Bonchev–Trinajstić information content (AvgIpc) is 2.88. The van der Waals surface area contributed by atoms with Crippen molar-refractivity contribution < 1.29 is 28.5 Å². The van der Waals surface area contributed by atoms with Crippen molar-refractivity contribution in [2.75, 3.05) is 26.4 Å². The van der Waals surface area contributed by atoms with Crippen LogP contribution in [0.1, 0.15) is 11.1 Å². The lowest BCUT2D eigenvalue weighted by molar-refractivity contribution is 0.124. The Hall–Kier alpha value is -4.20. The van der Waals surface area contributed by atoms with Crippen LogP contribution in [0, 0.1) is 0 Å². The van der Waals surface area contributed by atoms with Gasteiger partial charge in [0.2, 0.25) is 0 Å². The molecule has 3 rings (SSSR count). The lowest BCUT2D eigenvalue weighted by atomic mass is 10.1. The molecular formula is C26H28N2O6. The summed E-state index contributed by atoms with van der Waals surface area (Å²) in [5.74, 6) is 1.45. The average molecular weight is 465 g/mol. The van der Waals surface area contributed by atoms with Crippen LogP contribution in [-0.4, -0.2) is 38.6 Å². The third-order valence-corrected chi connectivity index (χ3v) is 4.52. The molecule has 0 bridgehead atoms. The van der Waals surface area contributed by atoms with Crippen LogP contribution in [0.5, 0.6) is 11.5 Å². The molecule has 0 radical (unpaired) electrons. The molecule has 3 aromatic rings. The summed E-state index contributed by atoms with van der Waals surface area (Å²) in [6.45, 7) is 1.42. The normalized spacial score (nSPS) is 10.1. The fourth-order valence-corrected chi connectivity index (χ4v) is 2.92. The molecule has 2 N–H and O–H groups in total. The number of benzene rings is 3. The number of nitrogens with one attached hydrogen (secondary N) is 2. The third-order valence-electron chi connectivity index (χ3n) is 4.52. The molecule has 0 aliphatic heterocycles. The standard InChI is InChI=1S/C26H28N2O6/c29-25(33-16-14-31-23-10-3-1-4-11-23)27-19-21-8-7-9-22(18-21)20-28-26(30)34-17-15-32-24-12-5-2-6-13-24/h1-13,18H,14-17,19-20H2,(H,27,29)(H,28,30). The van der Waals surface area contributed by atoms with Crippen molar-refractivity contribution in [2.45, 2.75) is 13.1 Å². The molecule has 0 heterocycles. The summed E-state index contributed by atoms with van der Waals surface area (Å²) in [5.41, 5.74) is 1.75. The van der Waals surface area contributed by atoms with Gasteiger partial charge in [-0.15, -0.1) is 0 Å².